The lowest BCUT2D eigenvalue weighted by molar-refractivity contribution is 0.242. The van der Waals surface area contributed by atoms with Gasteiger partial charge in [0.2, 0.25) is 0 Å². The number of nitrogens with zero attached hydrogens (tertiary/aromatic N) is 9. The molecule has 10 nitrogen and oxygen atoms in total. The van der Waals surface area contributed by atoms with Crippen LogP contribution in [-0.4, -0.2) is 72.1 Å². The first-order valence-corrected chi connectivity index (χ1v) is 9.89. The van der Waals surface area contributed by atoms with Crippen LogP contribution in [0.3, 0.4) is 0 Å². The Morgan fingerprint density at radius 2 is 1.80 bits per heavy atom. The number of anilines is 1. The number of piperazine rings is 1. The maximum absolute atomic E-state index is 12.2. The summed E-state index contributed by atoms with van der Waals surface area (Å²) in [5.41, 5.74) is 0.608. The van der Waals surface area contributed by atoms with Gasteiger partial charge in [-0.15, -0.1) is 5.10 Å². The van der Waals surface area contributed by atoms with Crippen molar-refractivity contribution in [2.75, 3.05) is 37.6 Å². The summed E-state index contributed by atoms with van der Waals surface area (Å²) < 4.78 is 3.16. The summed E-state index contributed by atoms with van der Waals surface area (Å²) in [6, 6.07) is 8.97. The number of hydrogen-bond acceptors (Lipinski definition) is 8. The lowest BCUT2D eigenvalue weighted by Crippen LogP contribution is -2.48. The highest BCUT2D eigenvalue weighted by Gasteiger charge is 2.20. The fraction of sp³-hybridized carbons (Fsp3) is 0.300. The minimum Gasteiger partial charge on any atom is -0.353 e. The van der Waals surface area contributed by atoms with Crippen molar-refractivity contribution in [1.29, 1.82) is 0 Å². The van der Waals surface area contributed by atoms with Crippen LogP contribution in [0.4, 0.5) is 5.82 Å². The first-order valence-electron chi connectivity index (χ1n) is 9.89. The fourth-order valence-corrected chi connectivity index (χ4v) is 3.68. The molecule has 10 heteroatoms. The zero-order valence-electron chi connectivity index (χ0n) is 16.4. The Morgan fingerprint density at radius 1 is 0.900 bits per heavy atom. The highest BCUT2D eigenvalue weighted by atomic mass is 16.1. The van der Waals surface area contributed by atoms with E-state index in [0.29, 0.717) is 18.0 Å². The number of rotatable bonds is 5. The molecule has 1 saturated heterocycles. The summed E-state index contributed by atoms with van der Waals surface area (Å²) in [5, 5.41) is 9.59. The Balaban J connectivity index is 1.23. The molecule has 0 radical (unpaired) electrons. The topological polar surface area (TPSA) is 97.9 Å². The van der Waals surface area contributed by atoms with Crippen LogP contribution in [0.5, 0.6) is 0 Å². The van der Waals surface area contributed by atoms with Crippen LogP contribution < -0.4 is 10.5 Å². The normalized spacial score (nSPS) is 15.0. The van der Waals surface area contributed by atoms with Gasteiger partial charge >= 0.3 is 0 Å². The number of pyridine rings is 1. The van der Waals surface area contributed by atoms with E-state index in [4.69, 9.17) is 0 Å². The Labute approximate surface area is 172 Å². The highest BCUT2D eigenvalue weighted by molar-refractivity contribution is 5.86. The number of fused-ring (bicyclic) bond motifs is 1. The molecule has 1 aliphatic heterocycles. The van der Waals surface area contributed by atoms with E-state index in [1.807, 2.05) is 24.4 Å². The first-order chi connectivity index (χ1) is 14.8. The van der Waals surface area contributed by atoms with Crippen LogP contribution in [0.1, 0.15) is 0 Å². The highest BCUT2D eigenvalue weighted by Crippen LogP contribution is 2.22. The second kappa shape index (κ2) is 7.99. The molecule has 4 aromatic heterocycles. The van der Waals surface area contributed by atoms with Gasteiger partial charge in [-0.3, -0.25) is 9.69 Å². The SMILES string of the molecule is O=c1ccc(-n2cccn2)nn1CCN1CCN(c2ncnc3ncccc23)CC1. The molecule has 0 bridgehead atoms. The van der Waals surface area contributed by atoms with Gasteiger partial charge in [-0.1, -0.05) is 0 Å². The van der Waals surface area contributed by atoms with Crippen molar-refractivity contribution in [3.8, 4) is 5.82 Å². The molecule has 0 atom stereocenters. The van der Waals surface area contributed by atoms with Gasteiger partial charge in [-0.2, -0.15) is 5.10 Å². The van der Waals surface area contributed by atoms with Crippen molar-refractivity contribution >= 4 is 16.9 Å². The van der Waals surface area contributed by atoms with Gasteiger partial charge in [0.25, 0.3) is 5.56 Å². The zero-order chi connectivity index (χ0) is 20.3. The fourth-order valence-electron chi connectivity index (χ4n) is 3.68. The molecule has 152 valence electrons. The molecule has 0 N–H and O–H groups in total. The minimum absolute atomic E-state index is 0.107. The van der Waals surface area contributed by atoms with Gasteiger partial charge in [-0.05, 0) is 24.3 Å². The quantitative estimate of drug-likeness (QED) is 0.478. The van der Waals surface area contributed by atoms with Crippen molar-refractivity contribution in [1.82, 2.24) is 39.4 Å². The summed E-state index contributed by atoms with van der Waals surface area (Å²) in [4.78, 5) is 29.9. The maximum atomic E-state index is 12.2. The maximum Gasteiger partial charge on any atom is 0.266 e. The van der Waals surface area contributed by atoms with Crippen molar-refractivity contribution in [3.63, 3.8) is 0 Å². The van der Waals surface area contributed by atoms with E-state index >= 15 is 0 Å². The van der Waals surface area contributed by atoms with E-state index in [2.05, 4.69) is 34.9 Å². The summed E-state index contributed by atoms with van der Waals surface area (Å²) >= 11 is 0. The largest absolute Gasteiger partial charge is 0.353 e. The summed E-state index contributed by atoms with van der Waals surface area (Å²) in [5.74, 6) is 1.56. The van der Waals surface area contributed by atoms with Crippen LogP contribution in [0.15, 0.2) is 60.0 Å². The van der Waals surface area contributed by atoms with Crippen molar-refractivity contribution < 1.29 is 0 Å². The average Bonchev–Trinajstić information content (AvgIpc) is 3.34. The third-order valence-corrected chi connectivity index (χ3v) is 5.28. The van der Waals surface area contributed by atoms with Crippen LogP contribution in [0, 0.1) is 0 Å². The van der Waals surface area contributed by atoms with Gasteiger partial charge < -0.3 is 4.90 Å². The standard InChI is InChI=1S/C20H21N9O/c30-18-5-4-17(28-8-2-7-24-28)25-29(18)14-11-26-9-12-27(13-10-26)20-16-3-1-6-21-19(16)22-15-23-20/h1-8,15H,9-14H2. The third-order valence-electron chi connectivity index (χ3n) is 5.28. The van der Waals surface area contributed by atoms with E-state index < -0.39 is 0 Å². The van der Waals surface area contributed by atoms with Crippen LogP contribution in [-0.2, 0) is 6.54 Å². The van der Waals surface area contributed by atoms with Crippen molar-refractivity contribution in [3.05, 3.63) is 65.6 Å². The molecule has 0 aliphatic carbocycles. The van der Waals surface area contributed by atoms with E-state index in [1.54, 1.807) is 29.5 Å². The zero-order valence-corrected chi connectivity index (χ0v) is 16.4. The van der Waals surface area contributed by atoms with Gasteiger partial charge in [0, 0.05) is 57.4 Å². The van der Waals surface area contributed by atoms with Gasteiger partial charge in [0.1, 0.15) is 12.1 Å². The van der Waals surface area contributed by atoms with Crippen molar-refractivity contribution in [2.24, 2.45) is 0 Å². The predicted molar refractivity (Wildman–Crippen MR) is 112 cm³/mol. The van der Waals surface area contributed by atoms with E-state index in [-0.39, 0.29) is 5.56 Å². The molecular weight excluding hydrogens is 382 g/mol. The Kier molecular flexibility index (Phi) is 4.89. The molecule has 0 saturated carbocycles. The molecule has 5 heterocycles. The molecule has 0 aromatic carbocycles. The predicted octanol–water partition coefficient (Wildman–Crippen LogP) is 0.589. The van der Waals surface area contributed by atoms with Gasteiger partial charge in [0.15, 0.2) is 11.5 Å². The second-order valence-electron chi connectivity index (χ2n) is 7.10. The molecule has 4 aromatic rings. The molecule has 5 rings (SSSR count). The molecule has 30 heavy (non-hydrogen) atoms. The van der Waals surface area contributed by atoms with Crippen LogP contribution in [0.25, 0.3) is 16.9 Å². The minimum atomic E-state index is -0.107. The van der Waals surface area contributed by atoms with E-state index in [0.717, 1.165) is 43.9 Å². The monoisotopic (exact) mass is 403 g/mol. The third kappa shape index (κ3) is 3.64. The van der Waals surface area contributed by atoms with Crippen LogP contribution >= 0.6 is 0 Å². The molecule has 0 amide bonds. The summed E-state index contributed by atoms with van der Waals surface area (Å²) in [6.45, 7) is 4.79. The molecular formula is C20H21N9O. The number of aromatic nitrogens is 7. The Hall–Kier alpha value is -3.66. The van der Waals surface area contributed by atoms with E-state index in [1.165, 1.54) is 10.7 Å². The van der Waals surface area contributed by atoms with Crippen LogP contribution in [0.2, 0.25) is 0 Å². The molecule has 0 unspecified atom stereocenters. The Bertz CT molecular complexity index is 1190. The lowest BCUT2D eigenvalue weighted by Gasteiger charge is -2.35. The molecule has 0 spiro atoms. The van der Waals surface area contributed by atoms with Gasteiger partial charge in [-0.25, -0.2) is 24.3 Å². The Morgan fingerprint density at radius 3 is 2.63 bits per heavy atom. The summed E-state index contributed by atoms with van der Waals surface area (Å²) in [7, 11) is 0. The number of hydrogen-bond donors (Lipinski definition) is 0. The average molecular weight is 403 g/mol. The second-order valence-corrected chi connectivity index (χ2v) is 7.10. The van der Waals surface area contributed by atoms with Crippen molar-refractivity contribution in [2.45, 2.75) is 6.54 Å². The first kappa shape index (κ1) is 18.4. The molecule has 1 fully saturated rings. The smallest absolute Gasteiger partial charge is 0.266 e. The van der Waals surface area contributed by atoms with E-state index in [9.17, 15) is 4.79 Å². The lowest BCUT2D eigenvalue weighted by atomic mass is 10.2. The molecule has 1 aliphatic rings. The van der Waals surface area contributed by atoms with Gasteiger partial charge in [0.05, 0.1) is 11.9 Å². The summed E-state index contributed by atoms with van der Waals surface area (Å²) in [6.07, 6.45) is 6.81.